The van der Waals surface area contributed by atoms with Crippen LogP contribution in [0.15, 0.2) is 125 Å². The average Bonchev–Trinajstić information content (AvgIpc) is 3.63. The Bertz CT molecular complexity index is 3120. The molecule has 2 aliphatic rings. The van der Waals surface area contributed by atoms with Crippen molar-refractivity contribution in [3.63, 3.8) is 0 Å². The van der Waals surface area contributed by atoms with Crippen LogP contribution in [0.2, 0.25) is 20.1 Å². The highest BCUT2D eigenvalue weighted by molar-refractivity contribution is 6.53. The van der Waals surface area contributed by atoms with Crippen molar-refractivity contribution in [2.75, 3.05) is 32.1 Å². The van der Waals surface area contributed by atoms with Crippen molar-refractivity contribution < 1.29 is 43.2 Å². The van der Waals surface area contributed by atoms with Crippen LogP contribution >= 0.6 is 46.4 Å². The summed E-state index contributed by atoms with van der Waals surface area (Å²) in [6.45, 7) is 0.0531. The Kier molecular flexibility index (Phi) is 13.2. The summed E-state index contributed by atoms with van der Waals surface area (Å²) < 4.78 is 23.4. The third kappa shape index (κ3) is 9.10. The normalized spacial score (nSPS) is 14.6. The molecule has 0 radical (unpaired) electrons. The van der Waals surface area contributed by atoms with E-state index in [-0.39, 0.29) is 102 Å². The molecule has 14 nitrogen and oxygen atoms in total. The van der Waals surface area contributed by atoms with Gasteiger partial charge in [-0.1, -0.05) is 64.6 Å². The zero-order valence-corrected chi connectivity index (χ0v) is 38.1. The monoisotopic (exact) mass is 975 g/mol. The number of nitriles is 1. The van der Waals surface area contributed by atoms with Gasteiger partial charge in [0.15, 0.2) is 5.60 Å². The number of nitrogens with one attached hydrogen (secondary N) is 1. The molecule has 0 saturated heterocycles. The first-order valence-electron chi connectivity index (χ1n) is 20.1. The Morgan fingerprint density at radius 2 is 1.48 bits per heavy atom. The molecule has 1 unspecified atom stereocenters. The molecule has 0 aromatic heterocycles. The number of phenols is 1. The molecule has 1 amide bonds. The highest BCUT2D eigenvalue weighted by Gasteiger charge is 2.56. The lowest BCUT2D eigenvalue weighted by Gasteiger charge is -2.37. The summed E-state index contributed by atoms with van der Waals surface area (Å²) in [5.74, 6) is -3.05. The fourth-order valence-corrected chi connectivity index (χ4v) is 8.42. The highest BCUT2D eigenvalue weighted by Crippen LogP contribution is 2.61. The van der Waals surface area contributed by atoms with Crippen LogP contribution < -0.4 is 19.7 Å². The maximum absolute atomic E-state index is 13.7. The predicted octanol–water partition coefficient (Wildman–Crippen LogP) is 11.5. The summed E-state index contributed by atoms with van der Waals surface area (Å²) in [6, 6.07) is 30.6. The van der Waals surface area contributed by atoms with E-state index in [1.54, 1.807) is 36.4 Å². The minimum Gasteiger partial charge on any atom is -0.508 e. The molecule has 2 N–H and O–H groups in total. The number of azo groups is 1. The molecule has 2 aliphatic heterocycles. The molecular formula is C49H33Cl4N5O9. The molecule has 1 spiro atoms. The third-order valence-electron chi connectivity index (χ3n) is 10.6. The van der Waals surface area contributed by atoms with Gasteiger partial charge in [-0.15, -0.1) is 0 Å². The van der Waals surface area contributed by atoms with Crippen molar-refractivity contribution in [3.05, 3.63) is 174 Å². The number of halogens is 4. The molecule has 18 heteroatoms. The number of fused-ring (bicyclic) bond motifs is 6. The zero-order valence-electron chi connectivity index (χ0n) is 35.1. The Labute approximate surface area is 402 Å². The number of phenolic OH excluding ortho intramolecular Hbond substituents is 1. The van der Waals surface area contributed by atoms with Gasteiger partial charge in [-0.2, -0.15) is 15.5 Å². The van der Waals surface area contributed by atoms with Crippen LogP contribution in [-0.2, 0) is 19.9 Å². The Balaban J connectivity index is 0.911. The van der Waals surface area contributed by atoms with Gasteiger partial charge in [-0.05, 0) is 96.9 Å². The molecular weight excluding hydrogens is 944 g/mol. The van der Waals surface area contributed by atoms with E-state index in [0.717, 1.165) is 5.69 Å². The quantitative estimate of drug-likeness (QED) is 0.0173. The number of carbonyl (C=O) groups is 4. The molecule has 0 aliphatic carbocycles. The predicted molar refractivity (Wildman–Crippen MR) is 251 cm³/mol. The number of carbonyl (C=O) groups excluding carboxylic acids is 4. The van der Waals surface area contributed by atoms with Gasteiger partial charge >= 0.3 is 17.9 Å². The number of ether oxygens (including phenoxy) is 4. The molecule has 336 valence electrons. The van der Waals surface area contributed by atoms with Gasteiger partial charge < -0.3 is 34.3 Å². The zero-order chi connectivity index (χ0) is 47.6. The molecule has 6 aromatic carbocycles. The smallest absolute Gasteiger partial charge is 0.348 e. The fraction of sp³-hybridized carbons (Fsp3) is 0.122. The van der Waals surface area contributed by atoms with E-state index >= 15 is 0 Å². The first-order chi connectivity index (χ1) is 32.2. The number of esters is 3. The number of anilines is 1. The van der Waals surface area contributed by atoms with Crippen LogP contribution in [0.1, 0.15) is 59.7 Å². The number of aromatic hydroxyl groups is 1. The van der Waals surface area contributed by atoms with Gasteiger partial charge in [0.1, 0.15) is 34.6 Å². The number of nitrogens with zero attached hydrogens (tertiary/aromatic N) is 4. The Morgan fingerprint density at radius 3 is 2.16 bits per heavy atom. The lowest BCUT2D eigenvalue weighted by atomic mass is 9.77. The van der Waals surface area contributed by atoms with Crippen LogP contribution in [0, 0.1) is 11.3 Å². The van der Waals surface area contributed by atoms with Crippen LogP contribution in [0.5, 0.6) is 23.0 Å². The van der Waals surface area contributed by atoms with Gasteiger partial charge in [-0.25, -0.2) is 14.4 Å². The van der Waals surface area contributed by atoms with Crippen molar-refractivity contribution in [1.82, 2.24) is 5.32 Å². The Morgan fingerprint density at radius 1 is 0.836 bits per heavy atom. The van der Waals surface area contributed by atoms with Crippen LogP contribution in [0.4, 0.5) is 17.1 Å². The standard InChI is InChI=1S/C49H33Cl4N5O9/c1-58(2)31-14-12-30(13-15-31)57-56-29-10-8-26(9-11-29)45(60)55-20-5-21-64-46(61)28(25-54)22-27-6-3-4-7-34(27)47(62)65-33-17-19-36-38(24-33)66-37-23-32(59)16-18-35(37)49(36)40-39(48(63)67-49)41(50)43(52)44(53)42(40)51/h3-4,6-19,22-24,59H,5,20-21H2,1-2H3,(H,55,60)/b28-22+,57-56?. The first kappa shape index (κ1) is 46.1. The minimum absolute atomic E-state index is 0.00580. The largest absolute Gasteiger partial charge is 0.508 e. The van der Waals surface area contributed by atoms with E-state index in [9.17, 15) is 29.5 Å². The van der Waals surface area contributed by atoms with E-state index in [1.807, 2.05) is 49.3 Å². The highest BCUT2D eigenvalue weighted by atomic mass is 35.5. The van der Waals surface area contributed by atoms with E-state index in [1.165, 1.54) is 54.6 Å². The number of benzene rings is 6. The number of amides is 1. The van der Waals surface area contributed by atoms with Gasteiger partial charge in [-0.3, -0.25) is 4.79 Å². The SMILES string of the molecule is CN(C)c1ccc(N=Nc2ccc(C(=O)NCCCOC(=O)/C(C#N)=C/c3ccccc3C(=O)Oc3ccc4c(c3)Oc3cc(O)ccc3C43OC(=O)c4c(Cl)c(Cl)c(Cl)c(Cl)c43)cc2)cc1. The van der Waals surface area contributed by atoms with Crippen molar-refractivity contribution in [3.8, 4) is 29.1 Å². The average molecular weight is 978 g/mol. The van der Waals surface area contributed by atoms with E-state index in [2.05, 4.69) is 15.5 Å². The topological polar surface area (TPSA) is 189 Å². The second-order valence-corrected chi connectivity index (χ2v) is 16.6. The fourth-order valence-electron chi connectivity index (χ4n) is 7.36. The van der Waals surface area contributed by atoms with Crippen LogP contribution in [0.25, 0.3) is 6.08 Å². The van der Waals surface area contributed by atoms with Crippen molar-refractivity contribution in [1.29, 1.82) is 5.26 Å². The van der Waals surface area contributed by atoms with Gasteiger partial charge in [0, 0.05) is 60.7 Å². The van der Waals surface area contributed by atoms with Gasteiger partial charge in [0.25, 0.3) is 5.91 Å². The van der Waals surface area contributed by atoms with Crippen LogP contribution in [-0.4, -0.2) is 56.2 Å². The van der Waals surface area contributed by atoms with Crippen molar-refractivity contribution in [2.24, 2.45) is 10.2 Å². The van der Waals surface area contributed by atoms with E-state index < -0.39 is 29.1 Å². The maximum atomic E-state index is 13.7. The number of rotatable bonds is 12. The summed E-state index contributed by atoms with van der Waals surface area (Å²) in [6.07, 6.45) is 1.44. The second-order valence-electron chi connectivity index (χ2n) is 15.1. The molecule has 0 saturated carbocycles. The van der Waals surface area contributed by atoms with E-state index in [0.29, 0.717) is 16.9 Å². The lowest BCUT2D eigenvalue weighted by molar-refractivity contribution is -0.138. The van der Waals surface area contributed by atoms with Gasteiger partial charge in [0.05, 0.1) is 49.2 Å². The summed E-state index contributed by atoms with van der Waals surface area (Å²) in [4.78, 5) is 54.9. The van der Waals surface area contributed by atoms with Crippen molar-refractivity contribution >= 4 is 93.4 Å². The second kappa shape index (κ2) is 19.2. The van der Waals surface area contributed by atoms with Crippen molar-refractivity contribution in [2.45, 2.75) is 12.0 Å². The van der Waals surface area contributed by atoms with Crippen LogP contribution in [0.3, 0.4) is 0 Å². The summed E-state index contributed by atoms with van der Waals surface area (Å²) in [7, 11) is 3.90. The van der Waals surface area contributed by atoms with E-state index in [4.69, 9.17) is 65.4 Å². The van der Waals surface area contributed by atoms with Gasteiger partial charge in [0.2, 0.25) is 0 Å². The molecule has 67 heavy (non-hydrogen) atoms. The molecule has 1 atom stereocenters. The summed E-state index contributed by atoms with van der Waals surface area (Å²) >= 11 is 26.1. The molecule has 2 heterocycles. The molecule has 6 aromatic rings. The summed E-state index contributed by atoms with van der Waals surface area (Å²) in [5.41, 5.74) is 1.21. The third-order valence-corrected chi connectivity index (χ3v) is 12.4. The maximum Gasteiger partial charge on any atom is 0.348 e. The summed E-state index contributed by atoms with van der Waals surface area (Å²) in [5, 5.41) is 31.0. The minimum atomic E-state index is -1.78. The molecule has 8 rings (SSSR count). The Hall–Kier alpha value is -7.41. The number of hydrogen-bond acceptors (Lipinski definition) is 13. The molecule has 0 bridgehead atoms. The molecule has 0 fully saturated rings. The first-order valence-corrected chi connectivity index (χ1v) is 21.6. The number of hydrogen-bond donors (Lipinski definition) is 2. The lowest BCUT2D eigenvalue weighted by Crippen LogP contribution is -2.33.